The van der Waals surface area contributed by atoms with E-state index >= 15 is 0 Å². The van der Waals surface area contributed by atoms with E-state index in [-0.39, 0.29) is 11.5 Å². The Bertz CT molecular complexity index is 639. The maximum atomic E-state index is 11.2. The third-order valence-corrected chi connectivity index (χ3v) is 2.90. The number of nitrogens with zero attached hydrogens (tertiary/aromatic N) is 2. The van der Waals surface area contributed by atoms with Crippen LogP contribution >= 0.6 is 0 Å². The molecule has 0 aromatic carbocycles. The van der Waals surface area contributed by atoms with Gasteiger partial charge in [0, 0.05) is 11.8 Å². The van der Waals surface area contributed by atoms with Crippen LogP contribution in [0.15, 0.2) is 30.5 Å². The molecule has 0 aliphatic heterocycles. The van der Waals surface area contributed by atoms with Gasteiger partial charge in [-0.15, -0.1) is 0 Å². The lowest BCUT2D eigenvalue weighted by atomic mass is 10.1. The summed E-state index contributed by atoms with van der Waals surface area (Å²) in [7, 11) is 1.54. The Labute approximate surface area is 122 Å². The number of aromatic carboxylic acids is 1. The van der Waals surface area contributed by atoms with Gasteiger partial charge in [0.25, 0.3) is 0 Å². The second-order valence-electron chi connectivity index (χ2n) is 4.84. The lowest BCUT2D eigenvalue weighted by Crippen LogP contribution is -2.05. The summed E-state index contributed by atoms with van der Waals surface area (Å²) in [6.45, 7) is 3.93. The molecule has 0 aliphatic carbocycles. The Morgan fingerprint density at radius 1 is 1.33 bits per heavy atom. The molecule has 0 saturated heterocycles. The van der Waals surface area contributed by atoms with Crippen molar-refractivity contribution in [1.29, 1.82) is 0 Å². The van der Waals surface area contributed by atoms with Crippen LogP contribution in [0.4, 0.5) is 11.5 Å². The minimum absolute atomic E-state index is 0.138. The van der Waals surface area contributed by atoms with Gasteiger partial charge in [0.1, 0.15) is 5.82 Å². The van der Waals surface area contributed by atoms with Crippen LogP contribution in [0.25, 0.3) is 0 Å². The van der Waals surface area contributed by atoms with E-state index < -0.39 is 5.97 Å². The fourth-order valence-electron chi connectivity index (χ4n) is 1.76. The van der Waals surface area contributed by atoms with Gasteiger partial charge in [-0.2, -0.15) is 0 Å². The molecule has 0 radical (unpaired) electrons. The number of hydrogen-bond donors (Lipinski definition) is 2. The average molecular weight is 287 g/mol. The summed E-state index contributed by atoms with van der Waals surface area (Å²) in [6.07, 6.45) is 1.60. The van der Waals surface area contributed by atoms with Crippen molar-refractivity contribution >= 4 is 17.5 Å². The second kappa shape index (κ2) is 6.21. The van der Waals surface area contributed by atoms with Crippen LogP contribution in [-0.2, 0) is 0 Å². The highest BCUT2D eigenvalue weighted by Gasteiger charge is 2.11. The van der Waals surface area contributed by atoms with Gasteiger partial charge in [-0.05, 0) is 24.1 Å². The quantitative estimate of drug-likeness (QED) is 0.879. The molecule has 0 bridgehead atoms. The number of anilines is 2. The standard InChI is InChI=1S/C15H17N3O3/c1-9(2)12-6-10(15(19)20)7-13(18-12)17-11-4-5-14(21-3)16-8-11/h4-9H,1-3H3,(H,17,18)(H,19,20). The minimum Gasteiger partial charge on any atom is -0.481 e. The Kier molecular flexibility index (Phi) is 4.37. The number of carboxylic acid groups (broad SMARTS) is 1. The average Bonchev–Trinajstić information content (AvgIpc) is 2.47. The number of methoxy groups -OCH3 is 1. The number of ether oxygens (including phenoxy) is 1. The Balaban J connectivity index is 2.31. The molecule has 2 N–H and O–H groups in total. The van der Waals surface area contributed by atoms with Crippen LogP contribution in [0.5, 0.6) is 5.88 Å². The van der Waals surface area contributed by atoms with Gasteiger partial charge in [-0.1, -0.05) is 13.8 Å². The van der Waals surface area contributed by atoms with Crippen molar-refractivity contribution in [2.75, 3.05) is 12.4 Å². The largest absolute Gasteiger partial charge is 0.481 e. The zero-order valence-electron chi connectivity index (χ0n) is 12.1. The molecule has 21 heavy (non-hydrogen) atoms. The van der Waals surface area contributed by atoms with Gasteiger partial charge in [-0.3, -0.25) is 0 Å². The zero-order valence-corrected chi connectivity index (χ0v) is 12.1. The van der Waals surface area contributed by atoms with Gasteiger partial charge < -0.3 is 15.2 Å². The van der Waals surface area contributed by atoms with Crippen molar-refractivity contribution in [1.82, 2.24) is 9.97 Å². The number of nitrogens with one attached hydrogen (secondary N) is 1. The van der Waals surface area contributed by atoms with Gasteiger partial charge in [0.05, 0.1) is 24.6 Å². The highest BCUT2D eigenvalue weighted by atomic mass is 16.5. The first-order chi connectivity index (χ1) is 9.99. The summed E-state index contributed by atoms with van der Waals surface area (Å²) < 4.78 is 4.99. The van der Waals surface area contributed by atoms with E-state index in [1.807, 2.05) is 13.8 Å². The van der Waals surface area contributed by atoms with Crippen molar-refractivity contribution in [3.63, 3.8) is 0 Å². The fraction of sp³-hybridized carbons (Fsp3) is 0.267. The van der Waals surface area contributed by atoms with E-state index in [1.54, 1.807) is 31.5 Å². The summed E-state index contributed by atoms with van der Waals surface area (Å²) in [6, 6.07) is 6.59. The Hall–Kier alpha value is -2.63. The second-order valence-corrected chi connectivity index (χ2v) is 4.84. The molecule has 2 rings (SSSR count). The molecule has 6 nitrogen and oxygen atoms in total. The van der Waals surface area contributed by atoms with E-state index in [0.29, 0.717) is 17.4 Å². The number of rotatable bonds is 5. The van der Waals surface area contributed by atoms with E-state index in [2.05, 4.69) is 15.3 Å². The van der Waals surface area contributed by atoms with Crippen molar-refractivity contribution in [3.05, 3.63) is 41.7 Å². The lowest BCUT2D eigenvalue weighted by Gasteiger charge is -2.11. The third kappa shape index (κ3) is 3.68. The van der Waals surface area contributed by atoms with E-state index in [4.69, 9.17) is 9.84 Å². The minimum atomic E-state index is -0.977. The van der Waals surface area contributed by atoms with Gasteiger partial charge in [-0.25, -0.2) is 14.8 Å². The normalized spacial score (nSPS) is 10.5. The van der Waals surface area contributed by atoms with Crippen LogP contribution in [-0.4, -0.2) is 28.2 Å². The van der Waals surface area contributed by atoms with Gasteiger partial charge >= 0.3 is 5.97 Å². The maximum Gasteiger partial charge on any atom is 0.335 e. The summed E-state index contributed by atoms with van der Waals surface area (Å²) >= 11 is 0. The molecule has 2 heterocycles. The first-order valence-electron chi connectivity index (χ1n) is 6.52. The molecule has 0 saturated carbocycles. The van der Waals surface area contributed by atoms with Crippen LogP contribution in [0.3, 0.4) is 0 Å². The molecule has 0 fully saturated rings. The van der Waals surface area contributed by atoms with Crippen molar-refractivity contribution in [2.24, 2.45) is 0 Å². The fourth-order valence-corrected chi connectivity index (χ4v) is 1.76. The predicted molar refractivity (Wildman–Crippen MR) is 79.4 cm³/mol. The summed E-state index contributed by atoms with van der Waals surface area (Å²) in [5.41, 5.74) is 1.64. The third-order valence-electron chi connectivity index (χ3n) is 2.90. The van der Waals surface area contributed by atoms with Crippen LogP contribution in [0.1, 0.15) is 35.8 Å². The molecular weight excluding hydrogens is 270 g/mol. The van der Waals surface area contributed by atoms with E-state index in [9.17, 15) is 4.79 Å². The Morgan fingerprint density at radius 3 is 2.62 bits per heavy atom. The summed E-state index contributed by atoms with van der Waals surface area (Å²) in [5, 5.41) is 12.2. The smallest absolute Gasteiger partial charge is 0.335 e. The highest BCUT2D eigenvalue weighted by Crippen LogP contribution is 2.21. The molecule has 110 valence electrons. The molecule has 0 amide bonds. The molecule has 6 heteroatoms. The van der Waals surface area contributed by atoms with Gasteiger partial charge in [0.15, 0.2) is 0 Å². The van der Waals surface area contributed by atoms with Crippen molar-refractivity contribution < 1.29 is 14.6 Å². The highest BCUT2D eigenvalue weighted by molar-refractivity contribution is 5.88. The number of hydrogen-bond acceptors (Lipinski definition) is 5. The lowest BCUT2D eigenvalue weighted by molar-refractivity contribution is 0.0696. The number of carboxylic acids is 1. The van der Waals surface area contributed by atoms with Crippen molar-refractivity contribution in [2.45, 2.75) is 19.8 Å². The summed E-state index contributed by atoms with van der Waals surface area (Å²) in [4.78, 5) is 19.7. The molecule has 2 aromatic rings. The molecule has 0 atom stereocenters. The molecule has 0 unspecified atom stereocenters. The van der Waals surface area contributed by atoms with Crippen LogP contribution < -0.4 is 10.1 Å². The summed E-state index contributed by atoms with van der Waals surface area (Å²) in [5.74, 6) is 0.148. The monoisotopic (exact) mass is 287 g/mol. The van der Waals surface area contributed by atoms with Crippen molar-refractivity contribution in [3.8, 4) is 5.88 Å². The maximum absolute atomic E-state index is 11.2. The number of aromatic nitrogens is 2. The van der Waals surface area contributed by atoms with Crippen LogP contribution in [0.2, 0.25) is 0 Å². The Morgan fingerprint density at radius 2 is 2.10 bits per heavy atom. The number of carbonyl (C=O) groups is 1. The topological polar surface area (TPSA) is 84.3 Å². The first-order valence-corrected chi connectivity index (χ1v) is 6.52. The predicted octanol–water partition coefficient (Wildman–Crippen LogP) is 3.05. The van der Waals surface area contributed by atoms with Crippen LogP contribution in [0, 0.1) is 0 Å². The van der Waals surface area contributed by atoms with E-state index in [1.165, 1.54) is 6.07 Å². The van der Waals surface area contributed by atoms with Gasteiger partial charge in [0.2, 0.25) is 5.88 Å². The molecular formula is C15H17N3O3. The first kappa shape index (κ1) is 14.8. The zero-order chi connectivity index (χ0) is 15.4. The molecule has 0 spiro atoms. The molecule has 2 aromatic heterocycles. The van der Waals surface area contributed by atoms with E-state index in [0.717, 1.165) is 5.69 Å². The SMILES string of the molecule is COc1ccc(Nc2cc(C(=O)O)cc(C(C)C)n2)cn1. The number of pyridine rings is 2. The molecule has 0 aliphatic rings.